The van der Waals surface area contributed by atoms with Crippen molar-refractivity contribution in [3.8, 4) is 45.6 Å². The van der Waals surface area contributed by atoms with Crippen LogP contribution in [0.15, 0.2) is 223 Å². The first-order chi connectivity index (χ1) is 30.8. The molecule has 0 unspecified atom stereocenters. The maximum Gasteiger partial charge on any atom is 0.206 e. The van der Waals surface area contributed by atoms with Gasteiger partial charge in [-0.1, -0.05) is 54.1 Å². The van der Waals surface area contributed by atoms with Crippen molar-refractivity contribution < 1.29 is 44.2 Å². The highest BCUT2D eigenvalue weighted by Gasteiger charge is 2.20. The maximum absolute atomic E-state index is 13.5. The maximum atomic E-state index is 13.5. The molecule has 0 saturated heterocycles. The van der Waals surface area contributed by atoms with Crippen LogP contribution in [0.2, 0.25) is 0 Å². The lowest BCUT2D eigenvalue weighted by Crippen LogP contribution is -2.03. The number of aryl methyl sites for hydroxylation is 1. The van der Waals surface area contributed by atoms with E-state index in [2.05, 4.69) is 0 Å². The molecule has 0 heterocycles. The first-order valence-corrected chi connectivity index (χ1v) is 24.3. The highest BCUT2D eigenvalue weighted by molar-refractivity contribution is 7.92. The highest BCUT2D eigenvalue weighted by atomic mass is 32.2. The molecule has 0 spiro atoms. The van der Waals surface area contributed by atoms with Gasteiger partial charge >= 0.3 is 0 Å². The summed E-state index contributed by atoms with van der Waals surface area (Å²) in [7, 11) is -9.70. The van der Waals surface area contributed by atoms with Gasteiger partial charge in [-0.25, -0.2) is 25.3 Å². The molecule has 322 valence electrons. The van der Waals surface area contributed by atoms with E-state index in [9.17, 15) is 25.3 Å². The van der Waals surface area contributed by atoms with Crippen LogP contribution in [0.3, 0.4) is 0 Å². The molecule has 0 aromatic heterocycles. The molecule has 0 atom stereocenters. The minimum Gasteiger partial charge on any atom is -0.497 e. The van der Waals surface area contributed by atoms with Gasteiger partial charge in [0.05, 0.1) is 36.5 Å². The quantitative estimate of drug-likeness (QED) is 0.0976. The molecule has 0 aliphatic rings. The summed E-state index contributed by atoms with van der Waals surface area (Å²) in [5, 5.41) is 0. The van der Waals surface area contributed by atoms with Crippen molar-refractivity contribution in [1.82, 2.24) is 0 Å². The van der Waals surface area contributed by atoms with Crippen molar-refractivity contribution >= 4 is 29.5 Å². The number of methoxy groups -OCH3 is 1. The van der Waals surface area contributed by atoms with E-state index < -0.39 is 29.5 Å². The molecule has 0 amide bonds. The zero-order chi connectivity index (χ0) is 44.9. The number of rotatable bonds is 15. The summed E-state index contributed by atoms with van der Waals surface area (Å²) >= 11 is 0. The Bertz CT molecular complexity index is 3210. The first kappa shape index (κ1) is 43.5. The van der Waals surface area contributed by atoms with Gasteiger partial charge in [0.15, 0.2) is 0 Å². The van der Waals surface area contributed by atoms with Crippen LogP contribution >= 0.6 is 0 Å². The summed E-state index contributed by atoms with van der Waals surface area (Å²) in [5.74, 6) is 3.07. The van der Waals surface area contributed by atoms with Gasteiger partial charge in [-0.3, -0.25) is 0 Å². The van der Waals surface area contributed by atoms with Crippen molar-refractivity contribution in [2.24, 2.45) is 0 Å². The molecule has 64 heavy (non-hydrogen) atoms. The Morgan fingerprint density at radius 2 is 0.594 bits per heavy atom. The predicted octanol–water partition coefficient (Wildman–Crippen LogP) is 11.3. The molecule has 0 bridgehead atoms. The second-order valence-corrected chi connectivity index (χ2v) is 20.4. The average Bonchev–Trinajstić information content (AvgIpc) is 3.32. The van der Waals surface area contributed by atoms with Gasteiger partial charge in [0, 0.05) is 0 Å². The van der Waals surface area contributed by atoms with Gasteiger partial charge in [0.1, 0.15) is 41.1 Å². The van der Waals surface area contributed by atoms with Crippen LogP contribution < -0.4 is 18.9 Å². The Balaban J connectivity index is 0.822. The summed E-state index contributed by atoms with van der Waals surface area (Å²) < 4.78 is 102. The average molecular weight is 909 g/mol. The van der Waals surface area contributed by atoms with E-state index >= 15 is 0 Å². The van der Waals surface area contributed by atoms with E-state index in [0.717, 1.165) is 22.3 Å². The molecule has 8 rings (SSSR count). The van der Waals surface area contributed by atoms with Crippen LogP contribution in [0.4, 0.5) is 0 Å². The summed E-state index contributed by atoms with van der Waals surface area (Å²) in [6, 6.07) is 52.9. The molecule has 0 aliphatic heterocycles. The van der Waals surface area contributed by atoms with Crippen LogP contribution in [0.25, 0.3) is 11.1 Å². The third kappa shape index (κ3) is 9.72. The smallest absolute Gasteiger partial charge is 0.206 e. The number of hydrogen-bond acceptors (Lipinski definition) is 10. The van der Waals surface area contributed by atoms with Crippen LogP contribution in [-0.4, -0.2) is 32.4 Å². The van der Waals surface area contributed by atoms with Gasteiger partial charge in [-0.15, -0.1) is 0 Å². The van der Waals surface area contributed by atoms with Gasteiger partial charge < -0.3 is 18.9 Å². The van der Waals surface area contributed by atoms with Crippen LogP contribution in [0.5, 0.6) is 34.5 Å². The normalized spacial score (nSPS) is 11.7. The Morgan fingerprint density at radius 3 is 0.922 bits per heavy atom. The number of hydrogen-bond donors (Lipinski definition) is 0. The van der Waals surface area contributed by atoms with Gasteiger partial charge in [-0.05, 0) is 169 Å². The first-order valence-electron chi connectivity index (χ1n) is 19.8. The number of sulfone groups is 3. The van der Waals surface area contributed by atoms with Gasteiger partial charge in [-0.2, -0.15) is 0 Å². The van der Waals surface area contributed by atoms with Crippen LogP contribution in [0.1, 0.15) is 11.1 Å². The van der Waals surface area contributed by atoms with Gasteiger partial charge in [0.2, 0.25) is 29.5 Å². The monoisotopic (exact) mass is 908 g/mol. The predicted molar refractivity (Wildman–Crippen MR) is 243 cm³/mol. The minimum absolute atomic E-state index is 0.0889. The molecule has 0 radical (unpaired) electrons. The fourth-order valence-electron chi connectivity index (χ4n) is 6.60. The molecule has 0 N–H and O–H groups in total. The van der Waals surface area contributed by atoms with Crippen LogP contribution in [0, 0.1) is 6.92 Å². The lowest BCUT2D eigenvalue weighted by atomic mass is 10.1. The van der Waals surface area contributed by atoms with Crippen molar-refractivity contribution in [2.75, 3.05) is 7.11 Å². The number of ether oxygens (including phenoxy) is 4. The summed E-state index contributed by atoms with van der Waals surface area (Å²) in [5.41, 5.74) is 3.69. The third-order valence-corrected chi connectivity index (χ3v) is 15.6. The lowest BCUT2D eigenvalue weighted by Gasteiger charge is -2.11. The Hall–Kier alpha value is -7.19. The molecule has 0 aliphatic carbocycles. The van der Waals surface area contributed by atoms with Crippen molar-refractivity contribution in [2.45, 2.75) is 42.9 Å². The molecule has 13 heteroatoms. The second kappa shape index (κ2) is 18.3. The van der Waals surface area contributed by atoms with Gasteiger partial charge in [0.25, 0.3) is 0 Å². The van der Waals surface area contributed by atoms with E-state index in [1.165, 1.54) is 67.8 Å². The summed E-state index contributed by atoms with van der Waals surface area (Å²) in [6.07, 6.45) is 0. The van der Waals surface area contributed by atoms with Crippen molar-refractivity contribution in [3.63, 3.8) is 0 Å². The molecule has 0 saturated carbocycles. The SMILES string of the molecule is COc1ccc(S(=O)(=O)c2ccc(Oc3ccc(S(=O)(=O)c4ccc(COc5ccc(-c6ccc(Oc7ccc(S(=O)(=O)c8ccc(C)cc8)cc7)cc6)cc5)cc4)cc3)cc2)cc1. The zero-order valence-corrected chi connectivity index (χ0v) is 36.9. The number of benzene rings is 8. The largest absolute Gasteiger partial charge is 0.497 e. The summed E-state index contributed by atoms with van der Waals surface area (Å²) in [4.78, 5) is 0.882. The fourth-order valence-corrected chi connectivity index (χ4v) is 10.4. The Kier molecular flexibility index (Phi) is 12.4. The summed E-state index contributed by atoms with van der Waals surface area (Å²) in [6.45, 7) is 2.13. The van der Waals surface area contributed by atoms with Crippen molar-refractivity contribution in [1.29, 1.82) is 0 Å². The Morgan fingerprint density at radius 1 is 0.328 bits per heavy atom. The Labute approximate surface area is 372 Å². The molecule has 8 aromatic rings. The second-order valence-electron chi connectivity index (χ2n) is 14.6. The molecular weight excluding hydrogens is 869 g/mol. The molecule has 10 nitrogen and oxygen atoms in total. The van der Waals surface area contributed by atoms with E-state index in [1.807, 2.05) is 55.5 Å². The molecule has 0 fully saturated rings. The minimum atomic E-state index is -3.83. The fraction of sp³-hybridized carbons (Fsp3) is 0.0588. The van der Waals surface area contributed by atoms with E-state index in [-0.39, 0.29) is 36.0 Å². The van der Waals surface area contributed by atoms with E-state index in [1.54, 1.807) is 84.9 Å². The van der Waals surface area contributed by atoms with E-state index in [4.69, 9.17) is 18.9 Å². The molecule has 8 aromatic carbocycles. The lowest BCUT2D eigenvalue weighted by molar-refractivity contribution is 0.306. The topological polar surface area (TPSA) is 139 Å². The highest BCUT2D eigenvalue weighted by Crippen LogP contribution is 2.32. The third-order valence-electron chi connectivity index (χ3n) is 10.3. The standard InChI is InChI=1S/C51H40O10S3/c1-36-3-23-46(24-4-36)62(52,53)49-29-17-43(18-30-49)60-42-13-9-39(10-14-42)38-7-11-41(12-8-38)59-35-37-5-25-47(26-6-37)63(54,55)50-31-19-44(20-32-50)61-45-21-33-51(34-22-45)64(56,57)48-27-15-40(58-2)16-28-48/h3-34H,35H2,1-2H3. The van der Waals surface area contributed by atoms with Crippen molar-refractivity contribution in [3.05, 3.63) is 205 Å². The van der Waals surface area contributed by atoms with Crippen LogP contribution in [-0.2, 0) is 36.1 Å². The zero-order valence-electron chi connectivity index (χ0n) is 34.5. The van der Waals surface area contributed by atoms with E-state index in [0.29, 0.717) is 34.5 Å². The molecular formula is C51H40O10S3.